The molecule has 5 nitrogen and oxygen atoms in total. The third kappa shape index (κ3) is 3.92. The summed E-state index contributed by atoms with van der Waals surface area (Å²) in [5, 5.41) is 10.5. The maximum Gasteiger partial charge on any atom is 0.326 e. The van der Waals surface area contributed by atoms with Gasteiger partial charge in [-0.05, 0) is 48.3 Å². The number of carboxylic acid groups (broad SMARTS) is 1. The zero-order chi connectivity index (χ0) is 18.7. The van der Waals surface area contributed by atoms with E-state index in [0.29, 0.717) is 17.1 Å². The second-order valence-electron chi connectivity index (χ2n) is 5.64. The van der Waals surface area contributed by atoms with Crippen molar-refractivity contribution in [1.29, 1.82) is 0 Å². The standard InChI is InChI=1S/C18H16N2O3S3/c1-25-8-6-14(17(22)23)20-16(21)15(26-18(20)24)10-11-4-5-13-12(9-11)3-2-7-19-13/h2-5,7,9-10,14H,6,8H2,1H3,(H,22,23)/b15-10+. The minimum absolute atomic E-state index is 0.289. The van der Waals surface area contributed by atoms with Gasteiger partial charge in [0, 0.05) is 11.6 Å². The number of benzene rings is 1. The van der Waals surface area contributed by atoms with Crippen molar-refractivity contribution >= 4 is 68.9 Å². The third-order valence-corrected chi connectivity index (χ3v) is 5.91. The van der Waals surface area contributed by atoms with Gasteiger partial charge in [0.15, 0.2) is 0 Å². The predicted octanol–water partition coefficient (Wildman–Crippen LogP) is 3.64. The molecule has 3 rings (SSSR count). The maximum absolute atomic E-state index is 12.8. The molecule has 1 fully saturated rings. The second kappa shape index (κ2) is 8.20. The molecule has 2 heterocycles. The topological polar surface area (TPSA) is 70.5 Å². The first-order valence-corrected chi connectivity index (χ1v) is 10.5. The smallest absolute Gasteiger partial charge is 0.326 e. The molecule has 0 radical (unpaired) electrons. The number of nitrogens with zero attached hydrogens (tertiary/aromatic N) is 2. The quantitative estimate of drug-likeness (QED) is 0.582. The summed E-state index contributed by atoms with van der Waals surface area (Å²) in [5.41, 5.74) is 1.72. The number of carboxylic acids is 1. The van der Waals surface area contributed by atoms with Gasteiger partial charge in [-0.2, -0.15) is 11.8 Å². The molecule has 8 heteroatoms. The summed E-state index contributed by atoms with van der Waals surface area (Å²) in [5.74, 6) is -0.738. The van der Waals surface area contributed by atoms with Gasteiger partial charge in [0.25, 0.3) is 5.91 Å². The summed E-state index contributed by atoms with van der Waals surface area (Å²) in [7, 11) is 0. The summed E-state index contributed by atoms with van der Waals surface area (Å²) >= 11 is 7.97. The van der Waals surface area contributed by atoms with Crippen LogP contribution in [0, 0.1) is 0 Å². The minimum atomic E-state index is -1.03. The number of carbonyl (C=O) groups excluding carboxylic acids is 1. The van der Waals surface area contributed by atoms with Crippen LogP contribution in [0.1, 0.15) is 12.0 Å². The number of hydrogen-bond acceptors (Lipinski definition) is 6. The average Bonchev–Trinajstić information content (AvgIpc) is 2.89. The first-order chi connectivity index (χ1) is 12.5. The largest absolute Gasteiger partial charge is 0.480 e. The van der Waals surface area contributed by atoms with Gasteiger partial charge in [-0.1, -0.05) is 36.1 Å². The van der Waals surface area contributed by atoms with E-state index in [1.165, 1.54) is 4.90 Å². The van der Waals surface area contributed by atoms with Crippen LogP contribution in [0.25, 0.3) is 17.0 Å². The number of aliphatic carboxylic acids is 1. The third-order valence-electron chi connectivity index (χ3n) is 3.94. The molecule has 1 aromatic carbocycles. The molecule has 0 aliphatic carbocycles. The molecule has 0 saturated carbocycles. The van der Waals surface area contributed by atoms with Crippen LogP contribution in [0.15, 0.2) is 41.4 Å². The molecule has 1 amide bonds. The van der Waals surface area contributed by atoms with E-state index in [9.17, 15) is 14.7 Å². The molecule has 1 saturated heterocycles. The lowest BCUT2D eigenvalue weighted by Crippen LogP contribution is -2.44. The van der Waals surface area contributed by atoms with Crippen LogP contribution in [-0.4, -0.2) is 49.2 Å². The van der Waals surface area contributed by atoms with Crippen LogP contribution in [0.4, 0.5) is 0 Å². The Morgan fingerprint density at radius 1 is 1.46 bits per heavy atom. The van der Waals surface area contributed by atoms with E-state index in [-0.39, 0.29) is 10.2 Å². The highest BCUT2D eigenvalue weighted by molar-refractivity contribution is 8.26. The van der Waals surface area contributed by atoms with Gasteiger partial charge < -0.3 is 5.11 Å². The van der Waals surface area contributed by atoms with Crippen molar-refractivity contribution < 1.29 is 14.7 Å². The maximum atomic E-state index is 12.8. The summed E-state index contributed by atoms with van der Waals surface area (Å²) in [4.78, 5) is 30.3. The van der Waals surface area contributed by atoms with E-state index in [2.05, 4.69) is 4.98 Å². The molecule has 0 bridgehead atoms. The van der Waals surface area contributed by atoms with Gasteiger partial charge >= 0.3 is 5.97 Å². The Morgan fingerprint density at radius 3 is 3.00 bits per heavy atom. The number of pyridine rings is 1. The van der Waals surface area contributed by atoms with Gasteiger partial charge in [0.2, 0.25) is 0 Å². The van der Waals surface area contributed by atoms with Crippen molar-refractivity contribution in [2.24, 2.45) is 0 Å². The fourth-order valence-corrected chi connectivity index (χ4v) is 4.49. The lowest BCUT2D eigenvalue weighted by atomic mass is 10.1. The van der Waals surface area contributed by atoms with Crippen molar-refractivity contribution in [1.82, 2.24) is 9.88 Å². The number of thioether (sulfide) groups is 2. The number of aromatic nitrogens is 1. The van der Waals surface area contributed by atoms with Crippen LogP contribution < -0.4 is 0 Å². The lowest BCUT2D eigenvalue weighted by Gasteiger charge is -2.22. The summed E-state index contributed by atoms with van der Waals surface area (Å²) < 4.78 is 0.289. The molecule has 134 valence electrons. The highest BCUT2D eigenvalue weighted by Crippen LogP contribution is 2.35. The van der Waals surface area contributed by atoms with E-state index < -0.39 is 12.0 Å². The number of amides is 1. The molecule has 1 atom stereocenters. The average molecular weight is 405 g/mol. The fourth-order valence-electron chi connectivity index (χ4n) is 2.68. The van der Waals surface area contributed by atoms with Gasteiger partial charge in [-0.15, -0.1) is 0 Å². The van der Waals surface area contributed by atoms with Crippen LogP contribution in [0.3, 0.4) is 0 Å². The lowest BCUT2D eigenvalue weighted by molar-refractivity contribution is -0.145. The summed E-state index contributed by atoms with van der Waals surface area (Å²) in [6, 6.07) is 8.59. The summed E-state index contributed by atoms with van der Waals surface area (Å²) in [6.45, 7) is 0. The molecule has 1 aliphatic rings. The predicted molar refractivity (Wildman–Crippen MR) is 111 cm³/mol. The van der Waals surface area contributed by atoms with Crippen LogP contribution >= 0.6 is 35.7 Å². The van der Waals surface area contributed by atoms with Gasteiger partial charge in [-0.25, -0.2) is 4.79 Å². The van der Waals surface area contributed by atoms with E-state index in [1.54, 1.807) is 24.0 Å². The molecule has 0 spiro atoms. The Bertz CT molecular complexity index is 913. The zero-order valence-electron chi connectivity index (χ0n) is 13.9. The zero-order valence-corrected chi connectivity index (χ0v) is 16.4. The van der Waals surface area contributed by atoms with Gasteiger partial charge in [-0.3, -0.25) is 14.7 Å². The Hall–Kier alpha value is -1.90. The number of fused-ring (bicyclic) bond motifs is 1. The van der Waals surface area contributed by atoms with Gasteiger partial charge in [0.05, 0.1) is 10.4 Å². The molecule has 1 N–H and O–H groups in total. The van der Waals surface area contributed by atoms with Crippen LogP contribution in [0.5, 0.6) is 0 Å². The Morgan fingerprint density at radius 2 is 2.27 bits per heavy atom. The number of carbonyl (C=O) groups is 2. The SMILES string of the molecule is CSCCC(C(=O)O)N1C(=O)/C(=C\c2ccc3ncccc3c2)SC1=S. The van der Waals surface area contributed by atoms with Crippen molar-refractivity contribution in [2.45, 2.75) is 12.5 Å². The number of thiocarbonyl (C=S) groups is 1. The highest BCUT2D eigenvalue weighted by Gasteiger charge is 2.40. The van der Waals surface area contributed by atoms with Crippen LogP contribution in [0.2, 0.25) is 0 Å². The molecule has 1 unspecified atom stereocenters. The number of rotatable bonds is 6. The normalized spacial score (nSPS) is 17.3. The van der Waals surface area contributed by atoms with Crippen molar-refractivity contribution in [3.63, 3.8) is 0 Å². The Balaban J connectivity index is 1.89. The molecule has 1 aliphatic heterocycles. The first-order valence-electron chi connectivity index (χ1n) is 7.85. The van der Waals surface area contributed by atoms with Gasteiger partial charge in [0.1, 0.15) is 10.4 Å². The molecule has 2 aromatic rings. The van der Waals surface area contributed by atoms with Crippen molar-refractivity contribution in [3.8, 4) is 0 Å². The molecular weight excluding hydrogens is 388 g/mol. The van der Waals surface area contributed by atoms with E-state index >= 15 is 0 Å². The monoisotopic (exact) mass is 404 g/mol. The minimum Gasteiger partial charge on any atom is -0.480 e. The van der Waals surface area contributed by atoms with Crippen LogP contribution in [-0.2, 0) is 9.59 Å². The molecular formula is C18H16N2O3S3. The van der Waals surface area contributed by atoms with E-state index in [0.717, 1.165) is 28.2 Å². The first kappa shape index (κ1) is 18.9. The Kier molecular flexibility index (Phi) is 5.95. The van der Waals surface area contributed by atoms with Crippen molar-refractivity contribution in [2.75, 3.05) is 12.0 Å². The van der Waals surface area contributed by atoms with Crippen molar-refractivity contribution in [3.05, 3.63) is 47.0 Å². The summed E-state index contributed by atoms with van der Waals surface area (Å²) in [6.07, 6.45) is 5.74. The molecule has 1 aromatic heterocycles. The second-order valence-corrected chi connectivity index (χ2v) is 8.30. The number of hydrogen-bond donors (Lipinski definition) is 1. The highest BCUT2D eigenvalue weighted by atomic mass is 32.2. The Labute approximate surface area is 164 Å². The van der Waals surface area contributed by atoms with E-state index in [1.807, 2.05) is 36.6 Å². The molecule has 26 heavy (non-hydrogen) atoms. The van der Waals surface area contributed by atoms with E-state index in [4.69, 9.17) is 12.2 Å². The fraction of sp³-hybridized carbons (Fsp3) is 0.222.